The number of aromatic nitrogens is 4. The van der Waals surface area contributed by atoms with Gasteiger partial charge in [-0.15, -0.1) is 0 Å². The molecule has 4 aromatic rings. The number of benzene rings is 1. The van der Waals surface area contributed by atoms with E-state index in [1.807, 2.05) is 42.5 Å². The number of carbonyl (C=O) groups is 1. The molecule has 0 spiro atoms. The zero-order chi connectivity index (χ0) is 22.9. The second-order valence-corrected chi connectivity index (χ2v) is 8.08. The topological polar surface area (TPSA) is 80.7 Å². The van der Waals surface area contributed by atoms with Crippen molar-refractivity contribution in [1.29, 1.82) is 0 Å². The minimum Gasteiger partial charge on any atom is -0.352 e. The molecule has 1 N–H and O–H groups in total. The van der Waals surface area contributed by atoms with Crippen LogP contribution in [-0.2, 0) is 0 Å². The number of nitrogens with one attached hydrogen (secondary N) is 1. The lowest BCUT2D eigenvalue weighted by molar-refractivity contribution is 0.0953. The van der Waals surface area contributed by atoms with Crippen molar-refractivity contribution >= 4 is 16.9 Å². The Bertz CT molecular complexity index is 1200. The molecule has 0 aliphatic heterocycles. The fourth-order valence-electron chi connectivity index (χ4n) is 3.77. The van der Waals surface area contributed by atoms with Crippen molar-refractivity contribution in [1.82, 2.24) is 25.3 Å². The first kappa shape index (κ1) is 22.5. The number of hydrogen-bond acceptors (Lipinski definition) is 5. The molecule has 0 saturated heterocycles. The highest BCUT2D eigenvalue weighted by Crippen LogP contribution is 2.28. The smallest absolute Gasteiger partial charge is 0.251 e. The molecule has 1 aromatic carbocycles. The van der Waals surface area contributed by atoms with Crippen molar-refractivity contribution in [3.8, 4) is 22.8 Å². The van der Waals surface area contributed by atoms with Gasteiger partial charge in [0.2, 0.25) is 0 Å². The van der Waals surface area contributed by atoms with Crippen molar-refractivity contribution < 1.29 is 4.79 Å². The minimum atomic E-state index is -0.0829. The van der Waals surface area contributed by atoms with Crippen LogP contribution in [0.15, 0.2) is 67.0 Å². The quantitative estimate of drug-likeness (QED) is 0.314. The number of carbonyl (C=O) groups excluding carboxylic acids is 1. The van der Waals surface area contributed by atoms with Crippen LogP contribution in [-0.4, -0.2) is 32.4 Å². The molecule has 0 aliphatic carbocycles. The molecule has 3 heterocycles. The number of rotatable bonds is 10. The van der Waals surface area contributed by atoms with Crippen LogP contribution in [0, 0.1) is 0 Å². The maximum Gasteiger partial charge on any atom is 0.251 e. The van der Waals surface area contributed by atoms with Crippen LogP contribution in [0.2, 0.25) is 0 Å². The van der Waals surface area contributed by atoms with Gasteiger partial charge in [-0.1, -0.05) is 51.2 Å². The van der Waals surface area contributed by atoms with Gasteiger partial charge < -0.3 is 5.32 Å². The minimum absolute atomic E-state index is 0.0829. The Hall–Kier alpha value is -3.67. The normalized spacial score (nSPS) is 10.9. The Labute approximate surface area is 194 Å². The van der Waals surface area contributed by atoms with Crippen LogP contribution in [0.25, 0.3) is 33.8 Å². The number of amides is 1. The van der Waals surface area contributed by atoms with E-state index in [9.17, 15) is 4.79 Å². The van der Waals surface area contributed by atoms with E-state index in [1.54, 1.807) is 24.5 Å². The van der Waals surface area contributed by atoms with Gasteiger partial charge in [0, 0.05) is 24.5 Å². The molecule has 6 nitrogen and oxygen atoms in total. The van der Waals surface area contributed by atoms with Crippen LogP contribution in [0.4, 0.5) is 0 Å². The molecule has 0 atom stereocenters. The van der Waals surface area contributed by atoms with Gasteiger partial charge in [0.1, 0.15) is 11.4 Å². The molecule has 6 heteroatoms. The number of pyridine rings is 2. The number of hydrogen-bond donors (Lipinski definition) is 1. The highest BCUT2D eigenvalue weighted by Gasteiger charge is 2.16. The predicted molar refractivity (Wildman–Crippen MR) is 132 cm³/mol. The lowest BCUT2D eigenvalue weighted by Crippen LogP contribution is -2.24. The Morgan fingerprint density at radius 3 is 2.03 bits per heavy atom. The average molecular weight is 440 g/mol. The summed E-state index contributed by atoms with van der Waals surface area (Å²) in [6.07, 6.45) is 10.6. The van der Waals surface area contributed by atoms with Gasteiger partial charge in [-0.3, -0.25) is 14.8 Å². The van der Waals surface area contributed by atoms with Gasteiger partial charge >= 0.3 is 0 Å². The molecular formula is C27H29N5O. The lowest BCUT2D eigenvalue weighted by Gasteiger charge is -2.10. The van der Waals surface area contributed by atoms with E-state index in [2.05, 4.69) is 22.2 Å². The average Bonchev–Trinajstić information content (AvgIpc) is 2.88. The maximum atomic E-state index is 12.7. The van der Waals surface area contributed by atoms with Crippen LogP contribution < -0.4 is 5.32 Å². The van der Waals surface area contributed by atoms with Crippen molar-refractivity contribution in [2.75, 3.05) is 6.54 Å². The highest BCUT2D eigenvalue weighted by atomic mass is 16.1. The Morgan fingerprint density at radius 1 is 0.758 bits per heavy atom. The van der Waals surface area contributed by atoms with E-state index in [4.69, 9.17) is 9.97 Å². The van der Waals surface area contributed by atoms with Crippen LogP contribution in [0.5, 0.6) is 0 Å². The summed E-state index contributed by atoms with van der Waals surface area (Å²) in [5.74, 6) is -0.0829. The fourth-order valence-corrected chi connectivity index (χ4v) is 3.77. The lowest BCUT2D eigenvalue weighted by atomic mass is 10.1. The van der Waals surface area contributed by atoms with Gasteiger partial charge in [-0.25, -0.2) is 9.97 Å². The molecule has 0 aliphatic rings. The zero-order valence-electron chi connectivity index (χ0n) is 19.0. The third kappa shape index (κ3) is 5.77. The van der Waals surface area contributed by atoms with E-state index in [-0.39, 0.29) is 5.91 Å². The number of fused-ring (bicyclic) bond motifs is 1. The van der Waals surface area contributed by atoms with E-state index in [1.165, 1.54) is 25.7 Å². The Kier molecular flexibility index (Phi) is 7.69. The van der Waals surface area contributed by atoms with Crippen LogP contribution in [0.3, 0.4) is 0 Å². The van der Waals surface area contributed by atoms with Crippen molar-refractivity contribution in [3.63, 3.8) is 0 Å². The summed E-state index contributed by atoms with van der Waals surface area (Å²) in [4.78, 5) is 31.3. The summed E-state index contributed by atoms with van der Waals surface area (Å²) in [6, 6.07) is 16.8. The first-order valence-corrected chi connectivity index (χ1v) is 11.7. The molecular weight excluding hydrogens is 410 g/mol. The molecule has 0 unspecified atom stereocenters. The number of unbranched alkanes of at least 4 members (excludes halogenated alkanes) is 5. The molecule has 3 aromatic heterocycles. The molecule has 0 bridgehead atoms. The fraction of sp³-hybridized carbons (Fsp3) is 0.296. The van der Waals surface area contributed by atoms with Gasteiger partial charge in [0.05, 0.1) is 22.4 Å². The molecule has 168 valence electrons. The molecule has 0 fully saturated rings. The monoisotopic (exact) mass is 439 g/mol. The highest BCUT2D eigenvalue weighted by molar-refractivity contribution is 5.98. The zero-order valence-corrected chi connectivity index (χ0v) is 19.0. The molecule has 4 rings (SSSR count). The first-order chi connectivity index (χ1) is 16.3. The summed E-state index contributed by atoms with van der Waals surface area (Å²) >= 11 is 0. The van der Waals surface area contributed by atoms with Crippen LogP contribution in [0.1, 0.15) is 55.8 Å². The van der Waals surface area contributed by atoms with E-state index >= 15 is 0 Å². The van der Waals surface area contributed by atoms with Crippen molar-refractivity contribution in [2.24, 2.45) is 0 Å². The summed E-state index contributed by atoms with van der Waals surface area (Å²) in [6.45, 7) is 2.90. The van der Waals surface area contributed by atoms with Crippen LogP contribution >= 0.6 is 0 Å². The van der Waals surface area contributed by atoms with Crippen molar-refractivity contribution in [3.05, 3.63) is 72.6 Å². The summed E-state index contributed by atoms with van der Waals surface area (Å²) in [5.41, 5.74) is 4.71. The summed E-state index contributed by atoms with van der Waals surface area (Å²) in [5, 5.41) is 3.03. The summed E-state index contributed by atoms with van der Waals surface area (Å²) in [7, 11) is 0. The van der Waals surface area contributed by atoms with E-state index in [0.29, 0.717) is 40.2 Å². The second-order valence-electron chi connectivity index (χ2n) is 8.08. The summed E-state index contributed by atoms with van der Waals surface area (Å²) < 4.78 is 0. The third-order valence-corrected chi connectivity index (χ3v) is 5.56. The van der Waals surface area contributed by atoms with Gasteiger partial charge in [-0.05, 0) is 48.9 Å². The third-order valence-electron chi connectivity index (χ3n) is 5.56. The molecule has 0 saturated carbocycles. The van der Waals surface area contributed by atoms with Crippen molar-refractivity contribution in [2.45, 2.75) is 45.4 Å². The van der Waals surface area contributed by atoms with Gasteiger partial charge in [-0.2, -0.15) is 0 Å². The second kappa shape index (κ2) is 11.3. The number of nitrogens with zero attached hydrogens (tertiary/aromatic N) is 4. The molecule has 33 heavy (non-hydrogen) atoms. The van der Waals surface area contributed by atoms with E-state index in [0.717, 1.165) is 18.5 Å². The van der Waals surface area contributed by atoms with E-state index < -0.39 is 0 Å². The molecule has 0 radical (unpaired) electrons. The SMILES string of the molecule is CCCCCCCCNC(=O)c1ccc2nc(-c3ccccn3)c(-c3ccccn3)nc2c1. The predicted octanol–water partition coefficient (Wildman–Crippen LogP) is 5.84. The largest absolute Gasteiger partial charge is 0.352 e. The first-order valence-electron chi connectivity index (χ1n) is 11.7. The Morgan fingerprint density at radius 2 is 1.39 bits per heavy atom. The van der Waals surface area contributed by atoms with Gasteiger partial charge in [0.15, 0.2) is 0 Å². The Balaban J connectivity index is 1.57. The maximum absolute atomic E-state index is 12.7. The molecule has 1 amide bonds. The van der Waals surface area contributed by atoms with Gasteiger partial charge in [0.25, 0.3) is 5.91 Å². The standard InChI is InChI=1S/C27H29N5O/c1-2-3-4-5-6-9-18-30-27(33)20-14-15-21-24(19-20)32-26(23-13-8-11-17-29-23)25(31-21)22-12-7-10-16-28-22/h7-8,10-17,19H,2-6,9,18H2,1H3,(H,30,33).